The molecule has 188 valence electrons. The summed E-state index contributed by atoms with van der Waals surface area (Å²) in [5.41, 5.74) is 4.75. The normalized spacial score (nSPS) is 18.5. The van der Waals surface area contributed by atoms with Crippen LogP contribution in [-0.2, 0) is 13.1 Å². The van der Waals surface area contributed by atoms with Gasteiger partial charge < -0.3 is 10.4 Å². The fourth-order valence-corrected chi connectivity index (χ4v) is 5.14. The first-order valence-electron chi connectivity index (χ1n) is 12.6. The van der Waals surface area contributed by atoms with Crippen LogP contribution in [0.4, 0.5) is 15.9 Å². The van der Waals surface area contributed by atoms with Gasteiger partial charge in [0.1, 0.15) is 18.0 Å². The Morgan fingerprint density at radius 3 is 2.81 bits per heavy atom. The number of hydrogen-bond acceptors (Lipinski definition) is 6. The molecule has 1 saturated heterocycles. The Morgan fingerprint density at radius 2 is 1.95 bits per heavy atom. The highest BCUT2D eigenvalue weighted by molar-refractivity contribution is 5.94. The van der Waals surface area contributed by atoms with Crippen molar-refractivity contribution in [1.82, 2.24) is 24.6 Å². The third-order valence-corrected chi connectivity index (χ3v) is 7.27. The molecule has 5 aromatic rings. The molecule has 1 aliphatic heterocycles. The van der Waals surface area contributed by atoms with Gasteiger partial charge in [-0.2, -0.15) is 5.10 Å². The Balaban J connectivity index is 1.27. The Bertz CT molecular complexity index is 1560. The molecule has 6 rings (SSSR count). The van der Waals surface area contributed by atoms with E-state index in [0.717, 1.165) is 63.9 Å². The number of aromatic nitrogens is 4. The van der Waals surface area contributed by atoms with Crippen LogP contribution in [0.3, 0.4) is 0 Å². The molecule has 1 aliphatic rings. The maximum atomic E-state index is 13.6. The summed E-state index contributed by atoms with van der Waals surface area (Å²) in [6.07, 6.45) is 4.09. The van der Waals surface area contributed by atoms with E-state index >= 15 is 0 Å². The van der Waals surface area contributed by atoms with Crippen LogP contribution in [0.15, 0.2) is 73.2 Å². The molecule has 37 heavy (non-hydrogen) atoms. The third-order valence-electron chi connectivity index (χ3n) is 7.27. The van der Waals surface area contributed by atoms with E-state index in [1.807, 2.05) is 47.3 Å². The van der Waals surface area contributed by atoms with Gasteiger partial charge in [0.25, 0.3) is 0 Å². The lowest BCUT2D eigenvalue weighted by atomic mass is 9.95. The van der Waals surface area contributed by atoms with Crippen molar-refractivity contribution in [1.29, 1.82) is 0 Å². The standard InChI is InChI=1S/C29H29FN6O/c1-19-10-11-35(17-27(19)37)16-21-5-3-7-25-28(21)29(32-18-31-25)34-24-8-9-26-22(13-24)14-33-36(26)15-20-4-2-6-23(30)12-20/h2-9,12-14,18-19,27,37H,10-11,15-17H2,1H3,(H,31,32,34)/t19-,27-/m1/s1. The smallest absolute Gasteiger partial charge is 0.142 e. The van der Waals surface area contributed by atoms with E-state index in [1.165, 1.54) is 12.1 Å². The highest BCUT2D eigenvalue weighted by Gasteiger charge is 2.25. The first-order chi connectivity index (χ1) is 18.0. The van der Waals surface area contributed by atoms with E-state index in [4.69, 9.17) is 0 Å². The zero-order valence-electron chi connectivity index (χ0n) is 20.7. The van der Waals surface area contributed by atoms with Crippen molar-refractivity contribution in [2.75, 3.05) is 18.4 Å². The summed E-state index contributed by atoms with van der Waals surface area (Å²) < 4.78 is 15.5. The van der Waals surface area contributed by atoms with Gasteiger partial charge >= 0.3 is 0 Å². The number of nitrogens with one attached hydrogen (secondary N) is 1. The highest BCUT2D eigenvalue weighted by Crippen LogP contribution is 2.30. The highest BCUT2D eigenvalue weighted by atomic mass is 19.1. The van der Waals surface area contributed by atoms with Crippen LogP contribution in [-0.4, -0.2) is 48.9 Å². The van der Waals surface area contributed by atoms with Crippen LogP contribution in [0.2, 0.25) is 0 Å². The maximum absolute atomic E-state index is 13.6. The molecule has 7 nitrogen and oxygen atoms in total. The molecule has 1 fully saturated rings. The number of halogens is 1. The number of anilines is 2. The van der Waals surface area contributed by atoms with E-state index in [2.05, 4.69) is 38.3 Å². The van der Waals surface area contributed by atoms with Crippen LogP contribution >= 0.6 is 0 Å². The van der Waals surface area contributed by atoms with Gasteiger partial charge in [-0.05, 0) is 66.4 Å². The fraction of sp³-hybridized carbons (Fsp3) is 0.276. The number of aliphatic hydroxyl groups excluding tert-OH is 1. The largest absolute Gasteiger partial charge is 0.392 e. The van der Waals surface area contributed by atoms with Gasteiger partial charge in [0.2, 0.25) is 0 Å². The van der Waals surface area contributed by atoms with Gasteiger partial charge in [-0.1, -0.05) is 31.2 Å². The first kappa shape index (κ1) is 23.5. The molecule has 0 aliphatic carbocycles. The number of β-amino-alcohol motifs (C(OH)–C–C–N with tert-alkyl or cyclic N) is 1. The van der Waals surface area contributed by atoms with Crippen LogP contribution < -0.4 is 5.32 Å². The summed E-state index contributed by atoms with van der Waals surface area (Å²) in [5, 5.41) is 20.4. The van der Waals surface area contributed by atoms with Crippen molar-refractivity contribution in [3.63, 3.8) is 0 Å². The lowest BCUT2D eigenvalue weighted by Gasteiger charge is -2.34. The molecule has 0 unspecified atom stereocenters. The molecule has 0 bridgehead atoms. The quantitative estimate of drug-likeness (QED) is 0.340. The SMILES string of the molecule is C[C@@H]1CCN(Cc2cccc3ncnc(Nc4ccc5c(cnn5Cc5cccc(F)c5)c4)c23)C[C@H]1O. The second-order valence-corrected chi connectivity index (χ2v) is 9.93. The molecule has 3 heterocycles. The monoisotopic (exact) mass is 496 g/mol. The summed E-state index contributed by atoms with van der Waals surface area (Å²) >= 11 is 0. The Kier molecular flexibility index (Phi) is 6.28. The van der Waals surface area contributed by atoms with Crippen molar-refractivity contribution in [2.45, 2.75) is 32.5 Å². The zero-order valence-corrected chi connectivity index (χ0v) is 20.7. The van der Waals surface area contributed by atoms with Crippen LogP contribution in [0.1, 0.15) is 24.5 Å². The van der Waals surface area contributed by atoms with Crippen molar-refractivity contribution < 1.29 is 9.50 Å². The predicted octanol–water partition coefficient (Wildman–Crippen LogP) is 5.11. The Morgan fingerprint density at radius 1 is 1.05 bits per heavy atom. The summed E-state index contributed by atoms with van der Waals surface area (Å²) in [7, 11) is 0. The number of hydrogen-bond donors (Lipinski definition) is 2. The molecule has 0 saturated carbocycles. The summed E-state index contributed by atoms with van der Waals surface area (Å²) in [6.45, 7) is 4.97. The number of piperidine rings is 1. The maximum Gasteiger partial charge on any atom is 0.142 e. The Labute approximate surface area is 214 Å². The van der Waals surface area contributed by atoms with Gasteiger partial charge in [0.05, 0.1) is 29.9 Å². The topological polar surface area (TPSA) is 79.1 Å². The van der Waals surface area contributed by atoms with Gasteiger partial charge in [0, 0.05) is 29.5 Å². The first-order valence-corrected chi connectivity index (χ1v) is 12.6. The molecule has 0 radical (unpaired) electrons. The summed E-state index contributed by atoms with van der Waals surface area (Å²) in [6, 6.07) is 18.8. The fourth-order valence-electron chi connectivity index (χ4n) is 5.14. The van der Waals surface area contributed by atoms with E-state index in [1.54, 1.807) is 12.4 Å². The predicted molar refractivity (Wildman–Crippen MR) is 143 cm³/mol. The van der Waals surface area contributed by atoms with Gasteiger partial charge in [-0.25, -0.2) is 14.4 Å². The van der Waals surface area contributed by atoms with Gasteiger partial charge in [-0.3, -0.25) is 9.58 Å². The second-order valence-electron chi connectivity index (χ2n) is 9.93. The lowest BCUT2D eigenvalue weighted by Crippen LogP contribution is -2.42. The van der Waals surface area contributed by atoms with E-state index in [-0.39, 0.29) is 11.9 Å². The van der Waals surface area contributed by atoms with Crippen LogP contribution in [0.25, 0.3) is 21.8 Å². The minimum Gasteiger partial charge on any atom is -0.392 e. The average molecular weight is 497 g/mol. The number of rotatable bonds is 6. The van der Waals surface area contributed by atoms with Gasteiger partial charge in [-0.15, -0.1) is 0 Å². The van der Waals surface area contributed by atoms with Crippen molar-refractivity contribution in [3.8, 4) is 0 Å². The molecular weight excluding hydrogens is 467 g/mol. The molecule has 0 spiro atoms. The minimum absolute atomic E-state index is 0.247. The van der Waals surface area contributed by atoms with Crippen molar-refractivity contribution >= 4 is 33.3 Å². The Hall–Kier alpha value is -3.88. The number of likely N-dealkylation sites (tertiary alicyclic amines) is 1. The number of nitrogens with zero attached hydrogens (tertiary/aromatic N) is 5. The summed E-state index contributed by atoms with van der Waals surface area (Å²) in [4.78, 5) is 11.4. The molecule has 2 atom stereocenters. The molecule has 3 aromatic carbocycles. The van der Waals surface area contributed by atoms with E-state index in [0.29, 0.717) is 19.0 Å². The second kappa shape index (κ2) is 9.88. The zero-order chi connectivity index (χ0) is 25.4. The van der Waals surface area contributed by atoms with Crippen molar-refractivity contribution in [3.05, 3.63) is 90.1 Å². The minimum atomic E-state index is -0.300. The molecule has 0 amide bonds. The van der Waals surface area contributed by atoms with E-state index < -0.39 is 0 Å². The average Bonchev–Trinajstić information content (AvgIpc) is 3.28. The number of aliphatic hydroxyl groups is 1. The van der Waals surface area contributed by atoms with Crippen molar-refractivity contribution in [2.24, 2.45) is 5.92 Å². The van der Waals surface area contributed by atoms with Crippen LogP contribution in [0, 0.1) is 11.7 Å². The number of benzene rings is 3. The number of fused-ring (bicyclic) bond motifs is 2. The molecule has 8 heteroatoms. The third kappa shape index (κ3) is 4.90. The van der Waals surface area contributed by atoms with Crippen LogP contribution in [0.5, 0.6) is 0 Å². The lowest BCUT2D eigenvalue weighted by molar-refractivity contribution is 0.0261. The molecular formula is C29H29FN6O. The molecule has 2 aromatic heterocycles. The molecule has 2 N–H and O–H groups in total. The summed E-state index contributed by atoms with van der Waals surface area (Å²) in [5.74, 6) is 0.832. The van der Waals surface area contributed by atoms with Gasteiger partial charge in [0.15, 0.2) is 0 Å². The van der Waals surface area contributed by atoms with E-state index in [9.17, 15) is 9.50 Å².